The molecule has 2 rings (SSSR count). The molecular weight excluding hydrogens is 340 g/mol. The second kappa shape index (κ2) is 6.56. The fourth-order valence-electron chi connectivity index (χ4n) is 2.01. The maximum atomic E-state index is 12.5. The number of benzene rings is 1. The van der Waals surface area contributed by atoms with Gasteiger partial charge in [0.15, 0.2) is 0 Å². The second-order valence-corrected chi connectivity index (χ2v) is 8.11. The first kappa shape index (κ1) is 15.9. The highest BCUT2D eigenvalue weighted by Crippen LogP contribution is 2.26. The number of halogens is 1. The third kappa shape index (κ3) is 3.81. The van der Waals surface area contributed by atoms with Crippen molar-refractivity contribution >= 4 is 26.0 Å². The lowest BCUT2D eigenvalue weighted by molar-refractivity contribution is 0.468. The number of nitrogens with one attached hydrogen (secondary N) is 1. The summed E-state index contributed by atoms with van der Waals surface area (Å²) in [4.78, 5) is 0.351. The summed E-state index contributed by atoms with van der Waals surface area (Å²) in [5.74, 6) is 0. The Balaban J connectivity index is 2.22. The molecule has 1 saturated carbocycles. The van der Waals surface area contributed by atoms with Crippen LogP contribution in [0.15, 0.2) is 27.6 Å². The number of sulfonamides is 1. The molecule has 6 heteroatoms. The molecule has 1 N–H and O–H groups in total. The van der Waals surface area contributed by atoms with Gasteiger partial charge in [-0.25, -0.2) is 12.7 Å². The molecule has 0 bridgehead atoms. The molecule has 0 aliphatic heterocycles. The Morgan fingerprint density at radius 2 is 2.10 bits per heavy atom. The third-order valence-corrected chi connectivity index (χ3v) is 6.25. The molecule has 0 radical (unpaired) electrons. The summed E-state index contributed by atoms with van der Waals surface area (Å²) in [5, 5.41) is 3.40. The Hall–Kier alpha value is -0.430. The normalized spacial score (nSPS) is 15.8. The van der Waals surface area contributed by atoms with Crippen molar-refractivity contribution < 1.29 is 8.42 Å². The van der Waals surface area contributed by atoms with Crippen LogP contribution in [0.1, 0.15) is 31.7 Å². The molecule has 1 aromatic carbocycles. The number of rotatable bonds is 7. The first-order valence-corrected chi connectivity index (χ1v) is 9.16. The van der Waals surface area contributed by atoms with Crippen molar-refractivity contribution in [1.82, 2.24) is 9.62 Å². The number of nitrogens with zero attached hydrogens (tertiary/aromatic N) is 1. The summed E-state index contributed by atoms with van der Waals surface area (Å²) in [6.07, 6.45) is 3.25. The van der Waals surface area contributed by atoms with Crippen molar-refractivity contribution in [3.05, 3.63) is 28.2 Å². The number of hydrogen-bond acceptors (Lipinski definition) is 3. The van der Waals surface area contributed by atoms with Gasteiger partial charge in [0.25, 0.3) is 0 Å². The first-order chi connectivity index (χ1) is 9.45. The van der Waals surface area contributed by atoms with Crippen LogP contribution in [0.4, 0.5) is 0 Å². The molecule has 0 saturated heterocycles. The Kier molecular flexibility index (Phi) is 5.23. The van der Waals surface area contributed by atoms with Crippen molar-refractivity contribution in [2.75, 3.05) is 13.6 Å². The van der Waals surface area contributed by atoms with Crippen LogP contribution < -0.4 is 5.32 Å². The van der Waals surface area contributed by atoms with Crippen molar-refractivity contribution in [2.24, 2.45) is 0 Å². The summed E-state index contributed by atoms with van der Waals surface area (Å²) < 4.78 is 27.1. The summed E-state index contributed by atoms with van der Waals surface area (Å²) >= 11 is 3.35. The van der Waals surface area contributed by atoms with Gasteiger partial charge in [0.2, 0.25) is 10.0 Å². The quantitative estimate of drug-likeness (QED) is 0.813. The first-order valence-electron chi connectivity index (χ1n) is 6.93. The molecule has 0 aromatic heterocycles. The topological polar surface area (TPSA) is 49.4 Å². The van der Waals surface area contributed by atoms with E-state index >= 15 is 0 Å². The molecule has 0 spiro atoms. The summed E-state index contributed by atoms with van der Waals surface area (Å²) in [5.41, 5.74) is 1.00. The van der Waals surface area contributed by atoms with Crippen molar-refractivity contribution in [3.8, 4) is 0 Å². The Morgan fingerprint density at radius 1 is 1.40 bits per heavy atom. The highest BCUT2D eigenvalue weighted by atomic mass is 79.9. The standard InChI is InChI=1S/C14H21BrN2O2S/c1-3-8-17(2)20(18,19)14-9-11(4-7-13(14)15)10-16-12-5-6-12/h4,7,9,12,16H,3,5-6,8,10H2,1-2H3. The van der Waals surface area contributed by atoms with E-state index in [0.29, 0.717) is 22.0 Å². The van der Waals surface area contributed by atoms with Gasteiger partial charge in [-0.2, -0.15) is 0 Å². The van der Waals surface area contributed by atoms with Gasteiger partial charge < -0.3 is 5.32 Å². The minimum absolute atomic E-state index is 0.351. The van der Waals surface area contributed by atoms with Gasteiger partial charge >= 0.3 is 0 Å². The fraction of sp³-hybridized carbons (Fsp3) is 0.571. The SMILES string of the molecule is CCCN(C)S(=O)(=O)c1cc(CNC2CC2)ccc1Br. The molecule has 1 aliphatic carbocycles. The van der Waals surface area contributed by atoms with E-state index in [9.17, 15) is 8.42 Å². The fourth-order valence-corrected chi connectivity index (χ4v) is 4.24. The lowest BCUT2D eigenvalue weighted by Crippen LogP contribution is -2.28. The average molecular weight is 361 g/mol. The molecule has 0 amide bonds. The lowest BCUT2D eigenvalue weighted by atomic mass is 10.2. The molecule has 4 nitrogen and oxygen atoms in total. The minimum atomic E-state index is -3.42. The maximum absolute atomic E-state index is 12.5. The van der Waals surface area contributed by atoms with E-state index in [1.165, 1.54) is 17.1 Å². The van der Waals surface area contributed by atoms with Crippen molar-refractivity contribution in [1.29, 1.82) is 0 Å². The average Bonchev–Trinajstić information content (AvgIpc) is 3.22. The van der Waals surface area contributed by atoms with E-state index in [0.717, 1.165) is 18.5 Å². The minimum Gasteiger partial charge on any atom is -0.310 e. The maximum Gasteiger partial charge on any atom is 0.243 e. The molecule has 1 aliphatic rings. The van der Waals surface area contributed by atoms with Crippen molar-refractivity contribution in [3.63, 3.8) is 0 Å². The van der Waals surface area contributed by atoms with Crippen LogP contribution in [-0.4, -0.2) is 32.4 Å². The van der Waals surface area contributed by atoms with E-state index in [1.54, 1.807) is 13.1 Å². The molecular formula is C14H21BrN2O2S. The second-order valence-electron chi connectivity index (χ2n) is 5.25. The zero-order valence-corrected chi connectivity index (χ0v) is 14.3. The van der Waals surface area contributed by atoms with E-state index in [4.69, 9.17) is 0 Å². The third-order valence-electron chi connectivity index (χ3n) is 3.39. The largest absolute Gasteiger partial charge is 0.310 e. The molecule has 1 aromatic rings. The predicted molar refractivity (Wildman–Crippen MR) is 84.1 cm³/mol. The van der Waals surface area contributed by atoms with Crippen LogP contribution in [-0.2, 0) is 16.6 Å². The van der Waals surface area contributed by atoms with Gasteiger partial charge in [0.1, 0.15) is 0 Å². The molecule has 0 heterocycles. The van der Waals surface area contributed by atoms with Gasteiger partial charge in [-0.3, -0.25) is 0 Å². The zero-order valence-electron chi connectivity index (χ0n) is 11.9. The van der Waals surface area contributed by atoms with Gasteiger partial charge in [-0.05, 0) is 52.9 Å². The Bertz CT molecular complexity index is 571. The molecule has 112 valence electrons. The summed E-state index contributed by atoms with van der Waals surface area (Å²) in [6, 6.07) is 6.15. The van der Waals surface area contributed by atoms with Crippen LogP contribution in [0.25, 0.3) is 0 Å². The van der Waals surface area contributed by atoms with Gasteiger partial charge in [-0.1, -0.05) is 13.0 Å². The van der Waals surface area contributed by atoms with Crippen LogP contribution >= 0.6 is 15.9 Å². The van der Waals surface area contributed by atoms with E-state index < -0.39 is 10.0 Å². The van der Waals surface area contributed by atoms with E-state index in [1.807, 2.05) is 19.1 Å². The van der Waals surface area contributed by atoms with Gasteiger partial charge in [0, 0.05) is 30.7 Å². The van der Waals surface area contributed by atoms with Crippen LogP contribution in [0, 0.1) is 0 Å². The van der Waals surface area contributed by atoms with Gasteiger partial charge in [-0.15, -0.1) is 0 Å². The van der Waals surface area contributed by atoms with E-state index in [2.05, 4.69) is 21.2 Å². The summed E-state index contributed by atoms with van der Waals surface area (Å²) in [6.45, 7) is 3.22. The monoisotopic (exact) mass is 360 g/mol. The van der Waals surface area contributed by atoms with Crippen LogP contribution in [0.5, 0.6) is 0 Å². The molecule has 20 heavy (non-hydrogen) atoms. The van der Waals surface area contributed by atoms with Crippen LogP contribution in [0.2, 0.25) is 0 Å². The van der Waals surface area contributed by atoms with Crippen LogP contribution in [0.3, 0.4) is 0 Å². The molecule has 0 atom stereocenters. The zero-order chi connectivity index (χ0) is 14.8. The lowest BCUT2D eigenvalue weighted by Gasteiger charge is -2.18. The van der Waals surface area contributed by atoms with Gasteiger partial charge in [0.05, 0.1) is 4.90 Å². The Labute approximate surface area is 129 Å². The smallest absolute Gasteiger partial charge is 0.243 e. The molecule has 0 unspecified atom stereocenters. The highest BCUT2D eigenvalue weighted by Gasteiger charge is 2.24. The number of hydrogen-bond donors (Lipinski definition) is 1. The highest BCUT2D eigenvalue weighted by molar-refractivity contribution is 9.10. The van der Waals surface area contributed by atoms with E-state index in [-0.39, 0.29) is 0 Å². The summed E-state index contributed by atoms with van der Waals surface area (Å²) in [7, 11) is -1.79. The molecule has 1 fully saturated rings. The Morgan fingerprint density at radius 3 is 2.70 bits per heavy atom. The van der Waals surface area contributed by atoms with Crippen molar-refractivity contribution in [2.45, 2.75) is 43.7 Å². The predicted octanol–water partition coefficient (Wildman–Crippen LogP) is 2.73.